The summed E-state index contributed by atoms with van der Waals surface area (Å²) in [6, 6.07) is 8.13. The number of halogens is 1. The summed E-state index contributed by atoms with van der Waals surface area (Å²) in [5, 5.41) is 14.6. The van der Waals surface area contributed by atoms with Crippen molar-refractivity contribution in [3.8, 4) is 0 Å². The van der Waals surface area contributed by atoms with E-state index in [4.69, 9.17) is 11.6 Å². The summed E-state index contributed by atoms with van der Waals surface area (Å²) in [5.74, 6) is -0.307. The molecule has 1 aromatic carbocycles. The van der Waals surface area contributed by atoms with Gasteiger partial charge in [-0.3, -0.25) is 0 Å². The van der Waals surface area contributed by atoms with E-state index in [1.807, 2.05) is 12.1 Å². The molecule has 0 amide bonds. The zero-order valence-corrected chi connectivity index (χ0v) is 12.4. The van der Waals surface area contributed by atoms with Crippen molar-refractivity contribution in [2.45, 2.75) is 32.7 Å². The maximum Gasteiger partial charge on any atom is 0.408 e. The average molecular weight is 294 g/mol. The molecule has 0 aliphatic heterocycles. The molecule has 5 nitrogen and oxygen atoms in total. The number of benzene rings is 1. The van der Waals surface area contributed by atoms with Crippen molar-refractivity contribution in [2.75, 3.05) is 0 Å². The van der Waals surface area contributed by atoms with Gasteiger partial charge in [-0.15, -0.1) is 0 Å². The van der Waals surface area contributed by atoms with Crippen LogP contribution in [0.5, 0.6) is 0 Å². The van der Waals surface area contributed by atoms with E-state index >= 15 is 0 Å². The van der Waals surface area contributed by atoms with Crippen LogP contribution in [0.1, 0.15) is 31.9 Å². The third-order valence-corrected chi connectivity index (χ3v) is 3.30. The second kappa shape index (κ2) is 5.25. The summed E-state index contributed by atoms with van der Waals surface area (Å²) < 4.78 is 1.48. The van der Waals surface area contributed by atoms with Gasteiger partial charge < -0.3 is 10.1 Å². The largest absolute Gasteiger partial charge is 0.408 e. The SMILES string of the molecule is CC(C)(C)c1ccc(Cn2cc(Cl)c([N+](=O)[O-])n2)cc1. The Labute approximate surface area is 122 Å². The minimum absolute atomic E-state index is 0.0568. The van der Waals surface area contributed by atoms with Crippen LogP contribution in [-0.2, 0) is 12.0 Å². The van der Waals surface area contributed by atoms with Gasteiger partial charge >= 0.3 is 5.82 Å². The van der Waals surface area contributed by atoms with Crippen molar-refractivity contribution in [3.05, 3.63) is 56.7 Å². The number of nitro groups is 1. The molecule has 1 heterocycles. The molecule has 0 atom stereocenters. The summed E-state index contributed by atoms with van der Waals surface area (Å²) >= 11 is 5.77. The highest BCUT2D eigenvalue weighted by Gasteiger charge is 2.19. The van der Waals surface area contributed by atoms with Gasteiger partial charge in [0.2, 0.25) is 0 Å². The second-order valence-corrected chi connectivity index (χ2v) is 6.11. The molecule has 0 spiro atoms. The molecule has 0 aliphatic carbocycles. The van der Waals surface area contributed by atoms with E-state index in [9.17, 15) is 10.1 Å². The van der Waals surface area contributed by atoms with Crippen LogP contribution >= 0.6 is 11.6 Å². The number of hydrogen-bond acceptors (Lipinski definition) is 3. The molecule has 0 unspecified atom stereocenters. The molecule has 0 saturated heterocycles. The minimum atomic E-state index is -0.582. The van der Waals surface area contributed by atoms with Gasteiger partial charge in [-0.05, 0) is 21.5 Å². The van der Waals surface area contributed by atoms with Crippen molar-refractivity contribution in [3.63, 3.8) is 0 Å². The van der Waals surface area contributed by atoms with Gasteiger partial charge in [0.15, 0.2) is 5.02 Å². The molecule has 0 fully saturated rings. The first kappa shape index (κ1) is 14.5. The first-order valence-corrected chi connectivity index (χ1v) is 6.62. The van der Waals surface area contributed by atoms with Crippen LogP contribution in [0, 0.1) is 10.1 Å². The van der Waals surface area contributed by atoms with Gasteiger partial charge in [0, 0.05) is 0 Å². The third kappa shape index (κ3) is 3.17. The Morgan fingerprint density at radius 1 is 1.30 bits per heavy atom. The summed E-state index contributed by atoms with van der Waals surface area (Å²) in [6.07, 6.45) is 1.47. The van der Waals surface area contributed by atoms with Crippen LogP contribution < -0.4 is 0 Å². The summed E-state index contributed by atoms with van der Waals surface area (Å²) in [6.45, 7) is 6.91. The smallest absolute Gasteiger partial charge is 0.358 e. The van der Waals surface area contributed by atoms with Crippen molar-refractivity contribution < 1.29 is 4.92 Å². The fraction of sp³-hybridized carbons (Fsp3) is 0.357. The molecule has 0 bridgehead atoms. The highest BCUT2D eigenvalue weighted by molar-refractivity contribution is 6.32. The van der Waals surface area contributed by atoms with E-state index < -0.39 is 4.92 Å². The van der Waals surface area contributed by atoms with E-state index in [1.54, 1.807) is 0 Å². The van der Waals surface area contributed by atoms with Crippen LogP contribution in [-0.4, -0.2) is 14.7 Å². The number of aromatic nitrogens is 2. The molecular weight excluding hydrogens is 278 g/mol. The standard InChI is InChI=1S/C14H16ClN3O2/c1-14(2,3)11-6-4-10(5-7-11)8-17-9-12(15)13(16-17)18(19)20/h4-7,9H,8H2,1-3H3. The Bertz CT molecular complexity index is 627. The number of nitrogens with zero attached hydrogens (tertiary/aromatic N) is 3. The lowest BCUT2D eigenvalue weighted by atomic mass is 9.87. The Kier molecular flexibility index (Phi) is 3.81. The molecule has 0 N–H and O–H groups in total. The molecule has 6 heteroatoms. The number of rotatable bonds is 3. The van der Waals surface area contributed by atoms with Gasteiger partial charge in [0.1, 0.15) is 0 Å². The maximum absolute atomic E-state index is 10.7. The lowest BCUT2D eigenvalue weighted by Crippen LogP contribution is -2.11. The van der Waals surface area contributed by atoms with E-state index in [0.717, 1.165) is 5.56 Å². The lowest BCUT2D eigenvalue weighted by molar-refractivity contribution is -0.389. The van der Waals surface area contributed by atoms with Crippen LogP contribution in [0.15, 0.2) is 30.5 Å². The average Bonchev–Trinajstić information content (AvgIpc) is 2.70. The third-order valence-electron chi connectivity index (χ3n) is 3.04. The molecule has 106 valence electrons. The molecule has 2 aromatic rings. The fourth-order valence-electron chi connectivity index (χ4n) is 1.89. The van der Waals surface area contributed by atoms with Crippen LogP contribution in [0.4, 0.5) is 5.82 Å². The van der Waals surface area contributed by atoms with E-state index in [1.165, 1.54) is 16.4 Å². The topological polar surface area (TPSA) is 61.0 Å². The first-order chi connectivity index (χ1) is 9.27. The van der Waals surface area contributed by atoms with Crippen LogP contribution in [0.3, 0.4) is 0 Å². The molecule has 20 heavy (non-hydrogen) atoms. The van der Waals surface area contributed by atoms with Gasteiger partial charge in [-0.25, -0.2) is 0 Å². The highest BCUT2D eigenvalue weighted by atomic mass is 35.5. The predicted octanol–water partition coefficient (Wildman–Crippen LogP) is 3.79. The quantitative estimate of drug-likeness (QED) is 0.639. The Morgan fingerprint density at radius 3 is 2.35 bits per heavy atom. The molecule has 1 aromatic heterocycles. The van der Waals surface area contributed by atoms with E-state index in [-0.39, 0.29) is 16.3 Å². The van der Waals surface area contributed by atoms with Crippen molar-refractivity contribution >= 4 is 17.4 Å². The normalized spacial score (nSPS) is 11.6. The monoisotopic (exact) mass is 293 g/mol. The summed E-state index contributed by atoms with van der Waals surface area (Å²) in [7, 11) is 0. The molecule has 0 radical (unpaired) electrons. The van der Waals surface area contributed by atoms with Crippen molar-refractivity contribution in [2.24, 2.45) is 0 Å². The lowest BCUT2D eigenvalue weighted by Gasteiger charge is -2.18. The summed E-state index contributed by atoms with van der Waals surface area (Å²) in [5.41, 5.74) is 2.37. The van der Waals surface area contributed by atoms with Crippen molar-refractivity contribution in [1.82, 2.24) is 9.78 Å². The van der Waals surface area contributed by atoms with Gasteiger partial charge in [0.05, 0.1) is 17.8 Å². The van der Waals surface area contributed by atoms with Gasteiger partial charge in [0.25, 0.3) is 0 Å². The summed E-state index contributed by atoms with van der Waals surface area (Å²) in [4.78, 5) is 10.1. The fourth-order valence-corrected chi connectivity index (χ4v) is 2.11. The zero-order chi connectivity index (χ0) is 14.9. The predicted molar refractivity (Wildman–Crippen MR) is 78.1 cm³/mol. The van der Waals surface area contributed by atoms with Gasteiger partial charge in [-0.1, -0.05) is 56.6 Å². The van der Waals surface area contributed by atoms with Gasteiger partial charge in [-0.2, -0.15) is 4.68 Å². The molecule has 0 saturated carbocycles. The Balaban J connectivity index is 2.18. The second-order valence-electron chi connectivity index (χ2n) is 5.70. The zero-order valence-electron chi connectivity index (χ0n) is 11.6. The van der Waals surface area contributed by atoms with E-state index in [0.29, 0.717) is 6.54 Å². The first-order valence-electron chi connectivity index (χ1n) is 6.24. The Hall–Kier alpha value is -1.88. The van der Waals surface area contributed by atoms with Crippen LogP contribution in [0.25, 0.3) is 0 Å². The molecular formula is C14H16ClN3O2. The maximum atomic E-state index is 10.7. The van der Waals surface area contributed by atoms with Crippen molar-refractivity contribution in [1.29, 1.82) is 0 Å². The van der Waals surface area contributed by atoms with E-state index in [2.05, 4.69) is 38.0 Å². The Morgan fingerprint density at radius 2 is 1.90 bits per heavy atom. The van der Waals surface area contributed by atoms with Crippen LogP contribution in [0.2, 0.25) is 5.02 Å². The molecule has 0 aliphatic rings. The molecule has 2 rings (SSSR count). The minimum Gasteiger partial charge on any atom is -0.358 e. The number of hydrogen-bond donors (Lipinski definition) is 0. The highest BCUT2D eigenvalue weighted by Crippen LogP contribution is 2.24.